The van der Waals surface area contributed by atoms with E-state index in [0.717, 1.165) is 18.2 Å². The van der Waals surface area contributed by atoms with Crippen LogP contribution in [0.5, 0.6) is 5.75 Å². The molecule has 0 radical (unpaired) electrons. The number of halogens is 1. The summed E-state index contributed by atoms with van der Waals surface area (Å²) in [6, 6.07) is 4.58. The van der Waals surface area contributed by atoms with Crippen LogP contribution in [0.3, 0.4) is 0 Å². The average Bonchev–Trinajstić information content (AvgIpc) is 2.88. The van der Waals surface area contributed by atoms with Crippen LogP contribution >= 0.6 is 10.8 Å². The maximum absolute atomic E-state index is 13.0. The summed E-state index contributed by atoms with van der Waals surface area (Å²) in [7, 11) is -2.19. The smallest absolute Gasteiger partial charge is 0.466 e. The molecule has 2 N–H and O–H groups in total. The molecule has 1 aromatic carbocycles. The first-order valence-corrected chi connectivity index (χ1v) is 8.72. The van der Waals surface area contributed by atoms with Crippen molar-refractivity contribution >= 4 is 21.7 Å². The Morgan fingerprint density at radius 2 is 2.00 bits per heavy atom. The molecule has 1 unspecified atom stereocenters. The maximum Gasteiger partial charge on any atom is 0.466 e. The molecule has 1 amide bonds. The number of nitrogens with one attached hydrogen (secondary N) is 1. The highest BCUT2D eigenvalue weighted by molar-refractivity contribution is 7.28. The number of amides is 1. The average molecular weight is 382 g/mol. The molecule has 2 heterocycles. The van der Waals surface area contributed by atoms with E-state index in [2.05, 4.69) is 5.32 Å². The lowest BCUT2D eigenvalue weighted by Crippen LogP contribution is -2.53. The van der Waals surface area contributed by atoms with Crippen LogP contribution in [0.15, 0.2) is 30.3 Å². The van der Waals surface area contributed by atoms with Gasteiger partial charge in [0.1, 0.15) is 34.6 Å². The number of ether oxygens (including phenoxy) is 1. The Balaban J connectivity index is 2.01. The number of carbonyl (C=O) groups excluding carboxylic acids is 1. The normalized spacial score (nSPS) is 21.5. The lowest BCUT2D eigenvalue weighted by atomic mass is 9.90. The van der Waals surface area contributed by atoms with Crippen molar-refractivity contribution in [2.24, 2.45) is 0 Å². The van der Waals surface area contributed by atoms with E-state index in [1.54, 1.807) is 13.8 Å². The van der Waals surface area contributed by atoms with E-state index in [-0.39, 0.29) is 16.2 Å². The van der Waals surface area contributed by atoms with E-state index in [0.29, 0.717) is 0 Å². The van der Waals surface area contributed by atoms with Crippen LogP contribution in [0.4, 0.5) is 9.39 Å². The molecule has 0 fully saturated rings. The molecular weight excluding hydrogens is 367 g/mol. The Kier molecular flexibility index (Phi) is 4.42. The van der Waals surface area contributed by atoms with Gasteiger partial charge in [0, 0.05) is 16.3 Å². The van der Waals surface area contributed by atoms with Crippen LogP contribution < -0.4 is 10.1 Å². The van der Waals surface area contributed by atoms with Gasteiger partial charge >= 0.3 is 5.00 Å². The van der Waals surface area contributed by atoms with Gasteiger partial charge in [-0.1, -0.05) is 0 Å². The van der Waals surface area contributed by atoms with E-state index in [4.69, 9.17) is 4.74 Å². The van der Waals surface area contributed by atoms with Gasteiger partial charge in [0.25, 0.3) is 5.91 Å². The van der Waals surface area contributed by atoms with Gasteiger partial charge in [-0.3, -0.25) is 14.9 Å². The van der Waals surface area contributed by atoms with Crippen LogP contribution in [0.1, 0.15) is 35.1 Å². The first kappa shape index (κ1) is 18.2. The summed E-state index contributed by atoms with van der Waals surface area (Å²) >= 11 is 0. The van der Waals surface area contributed by atoms with E-state index >= 15 is 0 Å². The molecule has 8 nitrogen and oxygen atoms in total. The molecule has 0 aliphatic carbocycles. The number of aliphatic hydroxyl groups excluding tert-OH is 1. The number of fused-ring (bicyclic) bond motifs is 1. The third-order valence-corrected chi connectivity index (χ3v) is 5.64. The predicted octanol–water partition coefficient (Wildman–Crippen LogP) is 2.46. The highest BCUT2D eigenvalue weighted by Crippen LogP contribution is 2.51. The lowest BCUT2D eigenvalue weighted by molar-refractivity contribution is -0.380. The van der Waals surface area contributed by atoms with Gasteiger partial charge < -0.3 is 19.7 Å². The molecule has 0 spiro atoms. The highest BCUT2D eigenvalue weighted by Gasteiger charge is 2.50. The summed E-state index contributed by atoms with van der Waals surface area (Å²) in [5, 5.41) is 23.6. The van der Waals surface area contributed by atoms with Gasteiger partial charge in [-0.15, -0.1) is 0 Å². The van der Waals surface area contributed by atoms with E-state index < -0.39 is 50.1 Å². The van der Waals surface area contributed by atoms with Crippen molar-refractivity contribution in [3.05, 3.63) is 56.7 Å². The topological polar surface area (TPSA) is 125 Å². The van der Waals surface area contributed by atoms with Crippen molar-refractivity contribution in [1.29, 1.82) is 0 Å². The van der Waals surface area contributed by atoms with Gasteiger partial charge in [-0.05, 0) is 38.1 Å². The van der Waals surface area contributed by atoms with E-state index in [1.165, 1.54) is 12.1 Å². The molecule has 2 aromatic rings. The molecule has 0 saturated heterocycles. The van der Waals surface area contributed by atoms with Crippen molar-refractivity contribution in [1.82, 2.24) is 5.32 Å². The Bertz CT molecular complexity index is 880. The molecule has 0 saturated carbocycles. The van der Waals surface area contributed by atoms with Crippen molar-refractivity contribution in [3.8, 4) is 5.75 Å². The fourth-order valence-corrected chi connectivity index (χ4v) is 4.04. The molecule has 1 aromatic heterocycles. The second-order valence-corrected chi connectivity index (χ2v) is 7.74. The minimum Gasteiger partial charge on any atom is -0.585 e. The van der Waals surface area contributed by atoms with Crippen molar-refractivity contribution in [2.75, 3.05) is 0 Å². The summed E-state index contributed by atoms with van der Waals surface area (Å²) in [6.45, 7) is 3.08. The van der Waals surface area contributed by atoms with Crippen LogP contribution in [-0.2, 0) is 0 Å². The molecule has 1 aliphatic heterocycles. The molecule has 0 bridgehead atoms. The highest BCUT2D eigenvalue weighted by atomic mass is 32.2. The first-order valence-electron chi connectivity index (χ1n) is 7.57. The van der Waals surface area contributed by atoms with E-state index in [9.17, 15) is 29.0 Å². The lowest BCUT2D eigenvalue weighted by Gasteiger charge is -2.39. The predicted molar refractivity (Wildman–Crippen MR) is 89.1 cm³/mol. The number of aliphatic hydroxyl groups is 1. The summed E-state index contributed by atoms with van der Waals surface area (Å²) in [4.78, 5) is 22.6. The maximum atomic E-state index is 13.0. The molecule has 3 rings (SSSR count). The number of carbonyl (C=O) groups is 1. The summed E-state index contributed by atoms with van der Waals surface area (Å²) in [5.74, 6) is -1.17. The summed E-state index contributed by atoms with van der Waals surface area (Å²) in [5.41, 5.74) is -1.07. The minimum atomic E-state index is -2.19. The zero-order chi connectivity index (χ0) is 19.2. The number of nitrogens with zero attached hydrogens (tertiary/aromatic N) is 1. The SMILES string of the molecule is CC1(C)Oc2cc([N+](=O)[O-])[s+]([O-])c2[C@@H](NC(=O)c2ccc(F)cc2)[C@@H]1O. The van der Waals surface area contributed by atoms with Gasteiger partial charge in [-0.2, -0.15) is 0 Å². The van der Waals surface area contributed by atoms with E-state index in [1.807, 2.05) is 0 Å². The summed E-state index contributed by atoms with van der Waals surface area (Å²) in [6.07, 6.45) is -1.31. The fraction of sp³-hybridized carbons (Fsp3) is 0.312. The number of hydrogen-bond acceptors (Lipinski definition) is 6. The van der Waals surface area contributed by atoms with Crippen molar-refractivity contribution < 1.29 is 28.5 Å². The van der Waals surface area contributed by atoms with Crippen LogP contribution in [0, 0.1) is 15.9 Å². The molecule has 1 aliphatic rings. The first-order chi connectivity index (χ1) is 12.1. The zero-order valence-electron chi connectivity index (χ0n) is 13.8. The Labute approximate surface area is 150 Å². The second-order valence-electron chi connectivity index (χ2n) is 6.35. The molecule has 138 valence electrons. The van der Waals surface area contributed by atoms with Gasteiger partial charge in [0.05, 0.1) is 0 Å². The van der Waals surface area contributed by atoms with Crippen molar-refractivity contribution in [2.45, 2.75) is 31.6 Å². The molecular formula is C16H15FN2O6S. The second kappa shape index (κ2) is 6.31. The summed E-state index contributed by atoms with van der Waals surface area (Å²) < 4.78 is 31.0. The number of thiophene rings is 1. The van der Waals surface area contributed by atoms with Crippen LogP contribution in [-0.4, -0.2) is 32.2 Å². The standard InChI is InChI=1S/C16H15FN2O6S/c1-16(2)14(20)12(18-15(21)8-3-5-9(17)6-4-8)13-10(25-16)7-11(19(22)23)26(13)24/h3-7,12,14,20H,1-2H3,(H,18,21)/t12-,14+,26?/m1/s1. The minimum absolute atomic E-state index is 0.00487. The van der Waals surface area contributed by atoms with Crippen LogP contribution in [0.2, 0.25) is 0 Å². The number of hydrogen-bond donors (Lipinski definition) is 2. The fourth-order valence-electron chi connectivity index (χ4n) is 2.77. The number of benzene rings is 1. The number of nitro groups is 1. The van der Waals surface area contributed by atoms with Crippen molar-refractivity contribution in [3.63, 3.8) is 0 Å². The third-order valence-electron chi connectivity index (χ3n) is 4.14. The Hall–Kier alpha value is -2.56. The molecule has 3 atom stereocenters. The quantitative estimate of drug-likeness (QED) is 0.477. The third kappa shape index (κ3) is 3.02. The monoisotopic (exact) mass is 382 g/mol. The Morgan fingerprint density at radius 1 is 1.38 bits per heavy atom. The van der Waals surface area contributed by atoms with Crippen LogP contribution in [0.25, 0.3) is 0 Å². The van der Waals surface area contributed by atoms with Gasteiger partial charge in [0.2, 0.25) is 4.88 Å². The largest absolute Gasteiger partial charge is 0.585 e. The van der Waals surface area contributed by atoms with Gasteiger partial charge in [-0.25, -0.2) is 4.39 Å². The zero-order valence-corrected chi connectivity index (χ0v) is 14.6. The number of rotatable bonds is 3. The Morgan fingerprint density at radius 3 is 2.58 bits per heavy atom. The molecule has 26 heavy (non-hydrogen) atoms. The molecule has 10 heteroatoms. The van der Waals surface area contributed by atoms with Gasteiger partial charge in [0.15, 0.2) is 5.75 Å².